The minimum absolute atomic E-state index is 0.0874. The summed E-state index contributed by atoms with van der Waals surface area (Å²) >= 11 is 5.14. The van der Waals surface area contributed by atoms with Crippen LogP contribution in [0.1, 0.15) is 6.42 Å². The lowest BCUT2D eigenvalue weighted by atomic mass is 10.3. The Morgan fingerprint density at radius 3 is 2.80 bits per heavy atom. The molecule has 5 heteroatoms. The lowest BCUT2D eigenvalue weighted by Gasteiger charge is -1.98. The van der Waals surface area contributed by atoms with Gasteiger partial charge in [0.2, 0.25) is 0 Å². The highest BCUT2D eigenvalue weighted by Gasteiger charge is 2.04. The van der Waals surface area contributed by atoms with Crippen LogP contribution in [0.2, 0.25) is 0 Å². The average Bonchev–Trinajstić information content (AvgIpc) is 1.98. The van der Waals surface area contributed by atoms with Gasteiger partial charge in [0.25, 0.3) is 5.91 Å². The van der Waals surface area contributed by atoms with Gasteiger partial charge in [-0.15, -0.1) is 0 Å². The van der Waals surface area contributed by atoms with Gasteiger partial charge in [-0.3, -0.25) is 14.9 Å². The highest BCUT2D eigenvalue weighted by Crippen LogP contribution is 1.96. The molecule has 1 amide bonds. The Hall–Kier alpha value is -0.160. The number of nitrogens with one attached hydrogen (secondary N) is 2. The van der Waals surface area contributed by atoms with E-state index in [9.17, 15) is 4.79 Å². The molecule has 0 aliphatic carbocycles. The van der Waals surface area contributed by atoms with Gasteiger partial charge in [0.05, 0.1) is 5.71 Å². The van der Waals surface area contributed by atoms with E-state index < -0.39 is 5.91 Å². The molecule has 0 spiro atoms. The second-order valence-corrected chi connectivity index (χ2v) is 2.87. The fraction of sp³-hybridized carbons (Fsp3) is 0.600. The smallest absolute Gasteiger partial charge is 0.274 e. The van der Waals surface area contributed by atoms with Gasteiger partial charge < -0.3 is 0 Å². The lowest BCUT2D eigenvalue weighted by molar-refractivity contribution is -0.113. The highest BCUT2D eigenvalue weighted by molar-refractivity contribution is 7.98. The Morgan fingerprint density at radius 2 is 2.40 bits per heavy atom. The van der Waals surface area contributed by atoms with Crippen molar-refractivity contribution in [1.29, 1.82) is 5.41 Å². The van der Waals surface area contributed by atoms with E-state index in [-0.39, 0.29) is 5.71 Å². The van der Waals surface area contributed by atoms with Gasteiger partial charge in [-0.2, -0.15) is 11.8 Å². The molecular weight excluding hydrogens is 168 g/mol. The van der Waals surface area contributed by atoms with Crippen molar-refractivity contribution in [3.05, 3.63) is 0 Å². The van der Waals surface area contributed by atoms with E-state index in [1.54, 1.807) is 11.8 Å². The molecule has 0 heterocycles. The minimum Gasteiger partial charge on any atom is -0.300 e. The number of rotatable bonds is 4. The summed E-state index contributed by atoms with van der Waals surface area (Å²) < 4.78 is 2.10. The van der Waals surface area contributed by atoms with Crippen molar-refractivity contribution in [2.75, 3.05) is 12.0 Å². The van der Waals surface area contributed by atoms with Crippen molar-refractivity contribution < 1.29 is 4.79 Å². The first kappa shape index (κ1) is 9.84. The van der Waals surface area contributed by atoms with Crippen molar-refractivity contribution in [2.24, 2.45) is 0 Å². The molecule has 0 aliphatic rings. The van der Waals surface area contributed by atoms with Crippen LogP contribution in [0.3, 0.4) is 0 Å². The summed E-state index contributed by atoms with van der Waals surface area (Å²) in [5, 5.41) is 7.12. The third-order valence-electron chi connectivity index (χ3n) is 0.932. The Balaban J connectivity index is 3.52. The number of carbonyl (C=O) groups excluding carboxylic acids is 1. The molecule has 0 atom stereocenters. The SMILES string of the molecule is CSCCC(=N)C(=O)NS. The largest absolute Gasteiger partial charge is 0.300 e. The molecule has 10 heavy (non-hydrogen) atoms. The van der Waals surface area contributed by atoms with E-state index in [4.69, 9.17) is 5.41 Å². The number of hydrogen-bond donors (Lipinski definition) is 3. The second kappa shape index (κ2) is 5.61. The summed E-state index contributed by atoms with van der Waals surface area (Å²) in [4.78, 5) is 10.6. The molecule has 0 rings (SSSR count). The van der Waals surface area contributed by atoms with Crippen molar-refractivity contribution >= 4 is 36.2 Å². The number of carbonyl (C=O) groups is 1. The van der Waals surface area contributed by atoms with Crippen LogP contribution in [-0.4, -0.2) is 23.6 Å². The Bertz CT molecular complexity index is 138. The van der Waals surface area contributed by atoms with Crippen LogP contribution in [0.25, 0.3) is 0 Å². The fourth-order valence-electron chi connectivity index (χ4n) is 0.385. The minimum atomic E-state index is -0.405. The van der Waals surface area contributed by atoms with Gasteiger partial charge in [-0.05, 0) is 12.0 Å². The Morgan fingerprint density at radius 1 is 1.80 bits per heavy atom. The molecule has 3 nitrogen and oxygen atoms in total. The van der Waals surface area contributed by atoms with E-state index in [0.717, 1.165) is 5.75 Å². The van der Waals surface area contributed by atoms with E-state index in [0.29, 0.717) is 6.42 Å². The second-order valence-electron chi connectivity index (χ2n) is 1.66. The third kappa shape index (κ3) is 3.79. The van der Waals surface area contributed by atoms with E-state index in [2.05, 4.69) is 17.5 Å². The van der Waals surface area contributed by atoms with Gasteiger partial charge >= 0.3 is 0 Å². The summed E-state index contributed by atoms with van der Waals surface area (Å²) in [6, 6.07) is 0. The first-order valence-corrected chi connectivity index (χ1v) is 4.57. The topological polar surface area (TPSA) is 53.0 Å². The third-order valence-corrected chi connectivity index (χ3v) is 1.75. The predicted octanol–water partition coefficient (Wildman–Crippen LogP) is 0.720. The molecule has 0 fully saturated rings. The summed E-state index contributed by atoms with van der Waals surface area (Å²) in [5.74, 6) is 0.400. The average molecular weight is 178 g/mol. The van der Waals surface area contributed by atoms with Crippen LogP contribution in [0, 0.1) is 5.41 Å². The molecule has 0 bridgehead atoms. The highest BCUT2D eigenvalue weighted by atomic mass is 32.2. The summed E-state index contributed by atoms with van der Waals surface area (Å²) in [5.41, 5.74) is 0.0874. The van der Waals surface area contributed by atoms with Crippen molar-refractivity contribution in [2.45, 2.75) is 6.42 Å². The molecule has 2 N–H and O–H groups in total. The predicted molar refractivity (Wildman–Crippen MR) is 47.9 cm³/mol. The maximum absolute atomic E-state index is 10.6. The van der Waals surface area contributed by atoms with Crippen LogP contribution in [0.4, 0.5) is 0 Å². The van der Waals surface area contributed by atoms with Crippen LogP contribution >= 0.6 is 24.6 Å². The normalized spacial score (nSPS) is 9.00. The lowest BCUT2D eigenvalue weighted by Crippen LogP contribution is -2.23. The zero-order valence-corrected chi connectivity index (χ0v) is 7.39. The quantitative estimate of drug-likeness (QED) is 0.439. The summed E-state index contributed by atoms with van der Waals surface area (Å²) in [6.07, 6.45) is 2.44. The monoisotopic (exact) mass is 178 g/mol. The van der Waals surface area contributed by atoms with E-state index >= 15 is 0 Å². The maximum Gasteiger partial charge on any atom is 0.274 e. The Kier molecular flexibility index (Phi) is 5.52. The molecule has 0 unspecified atom stereocenters. The zero-order valence-electron chi connectivity index (χ0n) is 5.68. The van der Waals surface area contributed by atoms with E-state index in [1.807, 2.05) is 6.26 Å². The van der Waals surface area contributed by atoms with Crippen molar-refractivity contribution in [1.82, 2.24) is 4.72 Å². The maximum atomic E-state index is 10.6. The summed E-state index contributed by atoms with van der Waals surface area (Å²) in [7, 11) is 0. The molecule has 0 saturated carbocycles. The molecule has 0 radical (unpaired) electrons. The van der Waals surface area contributed by atoms with Crippen molar-refractivity contribution in [3.63, 3.8) is 0 Å². The Labute approximate surface area is 70.0 Å². The van der Waals surface area contributed by atoms with Gasteiger partial charge in [0, 0.05) is 6.42 Å². The molecule has 0 aromatic heterocycles. The molecular formula is C5H10N2OS2. The van der Waals surface area contributed by atoms with E-state index in [1.165, 1.54) is 0 Å². The molecule has 0 saturated heterocycles. The standard InChI is InChI=1S/C5H10N2OS2/c1-10-3-2-4(6)5(8)7-9/h6,9H,2-3H2,1H3,(H,7,8). The van der Waals surface area contributed by atoms with Crippen LogP contribution < -0.4 is 4.72 Å². The first-order chi connectivity index (χ1) is 4.72. The number of amides is 1. The number of thioether (sulfide) groups is 1. The van der Waals surface area contributed by atoms with Crippen molar-refractivity contribution in [3.8, 4) is 0 Å². The molecule has 0 aromatic rings. The van der Waals surface area contributed by atoms with Crippen LogP contribution in [0.15, 0.2) is 0 Å². The van der Waals surface area contributed by atoms with Crippen LogP contribution in [-0.2, 0) is 4.79 Å². The van der Waals surface area contributed by atoms with Gasteiger partial charge in [-0.25, -0.2) is 0 Å². The zero-order chi connectivity index (χ0) is 7.98. The molecule has 0 aliphatic heterocycles. The summed E-state index contributed by atoms with van der Waals surface area (Å²) in [6.45, 7) is 0. The molecule has 0 aromatic carbocycles. The van der Waals surface area contributed by atoms with Gasteiger partial charge in [0.1, 0.15) is 0 Å². The fourth-order valence-corrected chi connectivity index (χ4v) is 0.928. The number of thiol groups is 1. The molecule has 58 valence electrons. The first-order valence-electron chi connectivity index (χ1n) is 2.73. The van der Waals surface area contributed by atoms with Gasteiger partial charge in [0.15, 0.2) is 0 Å². The van der Waals surface area contributed by atoms with Crippen LogP contribution in [0.5, 0.6) is 0 Å². The number of hydrogen-bond acceptors (Lipinski definition) is 4. The van der Waals surface area contributed by atoms with Gasteiger partial charge in [-0.1, -0.05) is 12.8 Å².